The monoisotopic (exact) mass is 348 g/mol. The zero-order chi connectivity index (χ0) is 18.2. The normalized spacial score (nSPS) is 51.4. The Morgan fingerprint density at radius 3 is 2.48 bits per heavy atom. The summed E-state index contributed by atoms with van der Waals surface area (Å²) >= 11 is 0. The Hall–Kier alpha value is -0.740. The fourth-order valence-electron chi connectivity index (χ4n) is 7.81. The van der Waals surface area contributed by atoms with E-state index in [9.17, 15) is 19.8 Å². The van der Waals surface area contributed by atoms with Crippen molar-refractivity contribution in [3.05, 3.63) is 0 Å². The van der Waals surface area contributed by atoms with Crippen LogP contribution in [0.1, 0.15) is 72.1 Å². The SMILES string of the molecule is CC(=O)[C@H]1CC(O)(O)[C@H]2[C@@H]3CCC4CC(=O)CC[C@]4(C)[C@H]3CC[C@]12C. The smallest absolute Gasteiger partial charge is 0.166 e. The van der Waals surface area contributed by atoms with Crippen molar-refractivity contribution < 1.29 is 19.8 Å². The zero-order valence-corrected chi connectivity index (χ0v) is 15.8. The molecule has 25 heavy (non-hydrogen) atoms. The fraction of sp³-hybridized carbons (Fsp3) is 0.905. The number of Topliss-reactive ketones (excluding diaryl/α,β-unsaturated/α-hetero) is 2. The van der Waals surface area contributed by atoms with E-state index in [4.69, 9.17) is 0 Å². The minimum Gasteiger partial charge on any atom is -0.365 e. The first-order valence-corrected chi connectivity index (χ1v) is 10.1. The standard InChI is InChI=1S/C21H32O4/c1-12(22)17-11-21(24,25)18-15-5-4-13-10-14(23)6-8-19(13,2)16(15)7-9-20(17,18)3/h13,15-18,24-25H,4-11H2,1-3H3/t13?,15-,16+,17-,18+,19+,20-/m1/s1. The van der Waals surface area contributed by atoms with Crippen LogP contribution in [0.25, 0.3) is 0 Å². The Kier molecular flexibility index (Phi) is 3.81. The van der Waals surface area contributed by atoms with E-state index in [2.05, 4.69) is 13.8 Å². The van der Waals surface area contributed by atoms with Gasteiger partial charge in [-0.05, 0) is 67.6 Å². The molecule has 140 valence electrons. The van der Waals surface area contributed by atoms with Gasteiger partial charge in [0, 0.05) is 31.1 Å². The van der Waals surface area contributed by atoms with Gasteiger partial charge in [-0.2, -0.15) is 0 Å². The van der Waals surface area contributed by atoms with E-state index < -0.39 is 5.79 Å². The molecule has 2 N–H and O–H groups in total. The molecule has 0 amide bonds. The summed E-state index contributed by atoms with van der Waals surface area (Å²) in [7, 11) is 0. The lowest BCUT2D eigenvalue weighted by Crippen LogP contribution is -2.57. The number of hydrogen-bond donors (Lipinski definition) is 2. The maximum Gasteiger partial charge on any atom is 0.166 e. The molecule has 4 nitrogen and oxygen atoms in total. The van der Waals surface area contributed by atoms with Gasteiger partial charge in [-0.3, -0.25) is 9.59 Å². The molecule has 4 aliphatic carbocycles. The number of carbonyl (C=O) groups excluding carboxylic acids is 2. The van der Waals surface area contributed by atoms with E-state index >= 15 is 0 Å². The molecule has 0 heterocycles. The molecule has 0 aromatic carbocycles. The topological polar surface area (TPSA) is 74.6 Å². The van der Waals surface area contributed by atoms with Gasteiger partial charge in [0.2, 0.25) is 0 Å². The number of aliphatic hydroxyl groups is 2. The predicted molar refractivity (Wildman–Crippen MR) is 93.5 cm³/mol. The highest BCUT2D eigenvalue weighted by Crippen LogP contribution is 2.68. The van der Waals surface area contributed by atoms with Crippen LogP contribution >= 0.6 is 0 Å². The summed E-state index contributed by atoms with van der Waals surface area (Å²) in [6.45, 7) is 6.07. The van der Waals surface area contributed by atoms with Gasteiger partial charge in [-0.15, -0.1) is 0 Å². The van der Waals surface area contributed by atoms with Gasteiger partial charge in [0.05, 0.1) is 0 Å². The number of rotatable bonds is 1. The van der Waals surface area contributed by atoms with E-state index in [-0.39, 0.29) is 40.8 Å². The summed E-state index contributed by atoms with van der Waals surface area (Å²) in [6, 6.07) is 0. The summed E-state index contributed by atoms with van der Waals surface area (Å²) in [5.74, 6) is -0.542. The largest absolute Gasteiger partial charge is 0.365 e. The second-order valence-electron chi connectivity index (χ2n) is 10.1. The van der Waals surface area contributed by atoms with Gasteiger partial charge in [-0.1, -0.05) is 13.8 Å². The average molecular weight is 348 g/mol. The molecule has 0 spiro atoms. The minimum atomic E-state index is -1.73. The van der Waals surface area contributed by atoms with E-state index in [1.165, 1.54) is 0 Å². The highest BCUT2D eigenvalue weighted by molar-refractivity contribution is 5.80. The van der Waals surface area contributed by atoms with Crippen LogP contribution in [0.5, 0.6) is 0 Å². The zero-order valence-electron chi connectivity index (χ0n) is 15.8. The van der Waals surface area contributed by atoms with Gasteiger partial charge in [0.15, 0.2) is 5.79 Å². The Morgan fingerprint density at radius 2 is 1.80 bits per heavy atom. The van der Waals surface area contributed by atoms with Crippen molar-refractivity contribution >= 4 is 11.6 Å². The van der Waals surface area contributed by atoms with Crippen LogP contribution in [0.2, 0.25) is 0 Å². The lowest BCUT2D eigenvalue weighted by atomic mass is 9.44. The number of carbonyl (C=O) groups is 2. The molecule has 4 aliphatic rings. The van der Waals surface area contributed by atoms with Crippen molar-refractivity contribution in [1.82, 2.24) is 0 Å². The van der Waals surface area contributed by atoms with Gasteiger partial charge in [0.1, 0.15) is 11.6 Å². The molecule has 4 fully saturated rings. The van der Waals surface area contributed by atoms with Crippen molar-refractivity contribution in [2.24, 2.45) is 40.4 Å². The third-order valence-electron chi connectivity index (χ3n) is 8.98. The second kappa shape index (κ2) is 5.39. The summed E-state index contributed by atoms with van der Waals surface area (Å²) in [4.78, 5) is 24.2. The highest BCUT2D eigenvalue weighted by atomic mass is 16.5. The van der Waals surface area contributed by atoms with E-state index in [1.54, 1.807) is 6.92 Å². The van der Waals surface area contributed by atoms with Crippen LogP contribution < -0.4 is 0 Å². The van der Waals surface area contributed by atoms with E-state index in [1.807, 2.05) is 0 Å². The van der Waals surface area contributed by atoms with Crippen molar-refractivity contribution in [1.29, 1.82) is 0 Å². The molecule has 0 saturated heterocycles. The molecule has 0 bridgehead atoms. The van der Waals surface area contributed by atoms with Crippen molar-refractivity contribution in [2.45, 2.75) is 77.9 Å². The van der Waals surface area contributed by atoms with Gasteiger partial charge in [-0.25, -0.2) is 0 Å². The molecule has 1 unspecified atom stereocenters. The third-order valence-corrected chi connectivity index (χ3v) is 8.98. The molecule has 4 heteroatoms. The Balaban J connectivity index is 1.71. The van der Waals surface area contributed by atoms with Crippen LogP contribution in [0, 0.1) is 40.4 Å². The molecule has 0 aliphatic heterocycles. The summed E-state index contributed by atoms with van der Waals surface area (Å²) in [5, 5.41) is 21.8. The molecule has 0 radical (unpaired) electrons. The first kappa shape index (κ1) is 17.7. The Labute approximate surface area is 150 Å². The summed E-state index contributed by atoms with van der Waals surface area (Å²) < 4.78 is 0. The quantitative estimate of drug-likeness (QED) is 0.714. The van der Waals surface area contributed by atoms with Crippen molar-refractivity contribution in [3.8, 4) is 0 Å². The molecule has 0 aromatic heterocycles. The maximum absolute atomic E-state index is 12.2. The third kappa shape index (κ3) is 2.32. The van der Waals surface area contributed by atoms with Crippen LogP contribution in [0.15, 0.2) is 0 Å². The molecular formula is C21H32O4. The van der Waals surface area contributed by atoms with Gasteiger partial charge in [0.25, 0.3) is 0 Å². The first-order valence-electron chi connectivity index (χ1n) is 10.1. The van der Waals surface area contributed by atoms with Crippen LogP contribution in [0.3, 0.4) is 0 Å². The lowest BCUT2D eigenvalue weighted by molar-refractivity contribution is -0.239. The van der Waals surface area contributed by atoms with Crippen molar-refractivity contribution in [2.75, 3.05) is 0 Å². The van der Waals surface area contributed by atoms with Crippen LogP contribution in [-0.2, 0) is 9.59 Å². The molecule has 0 aromatic rings. The molecule has 4 saturated carbocycles. The Morgan fingerprint density at radius 1 is 1.08 bits per heavy atom. The minimum absolute atomic E-state index is 0.0964. The van der Waals surface area contributed by atoms with E-state index in [0.29, 0.717) is 30.5 Å². The maximum atomic E-state index is 12.2. The van der Waals surface area contributed by atoms with Gasteiger partial charge < -0.3 is 10.2 Å². The van der Waals surface area contributed by atoms with Crippen molar-refractivity contribution in [3.63, 3.8) is 0 Å². The van der Waals surface area contributed by atoms with E-state index in [0.717, 1.165) is 32.1 Å². The predicted octanol–water partition coefficient (Wildman–Crippen LogP) is 3.09. The van der Waals surface area contributed by atoms with Gasteiger partial charge >= 0.3 is 0 Å². The molecular weight excluding hydrogens is 316 g/mol. The summed E-state index contributed by atoms with van der Waals surface area (Å²) in [5.41, 5.74) is -0.160. The molecule has 4 rings (SSSR count). The number of ketones is 2. The Bertz CT molecular complexity index is 611. The first-order chi connectivity index (χ1) is 11.6. The van der Waals surface area contributed by atoms with Crippen LogP contribution in [0.4, 0.5) is 0 Å². The lowest BCUT2D eigenvalue weighted by Gasteiger charge is -2.60. The van der Waals surface area contributed by atoms with Crippen LogP contribution in [-0.4, -0.2) is 27.6 Å². The number of fused-ring (bicyclic) bond motifs is 5. The average Bonchev–Trinajstić information content (AvgIpc) is 2.75. The summed E-state index contributed by atoms with van der Waals surface area (Å²) in [6.07, 6.45) is 6.44. The molecule has 7 atom stereocenters. The number of hydrogen-bond acceptors (Lipinski definition) is 4. The second-order valence-corrected chi connectivity index (χ2v) is 10.1. The highest BCUT2D eigenvalue weighted by Gasteiger charge is 2.67. The fourth-order valence-corrected chi connectivity index (χ4v) is 7.81.